The lowest BCUT2D eigenvalue weighted by atomic mass is 9.89. The van der Waals surface area contributed by atoms with Crippen LogP contribution < -0.4 is 0 Å². The molecule has 0 unspecified atom stereocenters. The fourth-order valence-corrected chi connectivity index (χ4v) is 5.42. The lowest BCUT2D eigenvalue weighted by Crippen LogP contribution is -2.05. The molecule has 2 rings (SSSR count). The maximum Gasteiger partial charge on any atom is 0.339 e. The molecule has 0 fully saturated rings. The predicted octanol–water partition coefficient (Wildman–Crippen LogP) is 9.19. The average Bonchev–Trinajstić information content (AvgIpc) is 3.16. The second kappa shape index (κ2) is 16.9. The van der Waals surface area contributed by atoms with Gasteiger partial charge in [0.1, 0.15) is 6.73 Å². The minimum Gasteiger partial charge on any atom is -0.462 e. The molecule has 4 nitrogen and oxygen atoms in total. The van der Waals surface area contributed by atoms with E-state index in [1.807, 2.05) is 26.1 Å². The van der Waals surface area contributed by atoms with E-state index in [4.69, 9.17) is 9.47 Å². The molecule has 0 amide bonds. The summed E-state index contributed by atoms with van der Waals surface area (Å²) in [5.74, 6) is 0.592. The molecule has 0 aliphatic rings. The third-order valence-electron chi connectivity index (χ3n) is 6.43. The Hall–Kier alpha value is -1.72. The number of thioether (sulfide) groups is 1. The number of unbranched alkanes of at least 4 members (excludes halogenated alkanes) is 8. The number of hydrogen-bond donors (Lipinski definition) is 0. The molecule has 0 saturated carbocycles. The van der Waals surface area contributed by atoms with Gasteiger partial charge in [-0.2, -0.15) is 0 Å². The highest BCUT2D eigenvalue weighted by molar-refractivity contribution is 7.98. The highest BCUT2D eigenvalue weighted by Crippen LogP contribution is 2.30. The molecular formula is C31H49NO3S. The smallest absolute Gasteiger partial charge is 0.339 e. The number of esters is 1. The second-order valence-electron chi connectivity index (χ2n) is 11.0. The van der Waals surface area contributed by atoms with E-state index in [1.165, 1.54) is 63.4 Å². The molecule has 0 spiro atoms. The van der Waals surface area contributed by atoms with Crippen molar-refractivity contribution in [2.45, 2.75) is 116 Å². The Kier molecular flexibility index (Phi) is 14.3. The zero-order chi connectivity index (χ0) is 26.2. The molecule has 0 bridgehead atoms. The van der Waals surface area contributed by atoms with Crippen molar-refractivity contribution >= 4 is 17.7 Å². The molecule has 202 valence electrons. The van der Waals surface area contributed by atoms with Gasteiger partial charge in [0, 0.05) is 18.6 Å². The van der Waals surface area contributed by atoms with E-state index < -0.39 is 0 Å². The first kappa shape index (κ1) is 30.5. The molecule has 0 radical (unpaired) electrons. The van der Waals surface area contributed by atoms with Crippen molar-refractivity contribution in [1.29, 1.82) is 0 Å². The van der Waals surface area contributed by atoms with Crippen molar-refractivity contribution in [2.24, 2.45) is 5.41 Å². The molecule has 2 aromatic rings. The molecule has 1 heterocycles. The summed E-state index contributed by atoms with van der Waals surface area (Å²) in [6.07, 6.45) is 15.0. The fraction of sp³-hybridized carbons (Fsp3) is 0.645. The standard InChI is InChI=1S/C31H49NO3S/c1-6-35-30(33)28-23-32(29(26(28)2)36-24-27-19-15-14-16-20-27)25-34-22-18-13-11-9-7-8-10-12-17-21-31(3,4)5/h14-16,19-20,23H,6-13,17-18,21-22,24-25H2,1-5H3. The summed E-state index contributed by atoms with van der Waals surface area (Å²) in [4.78, 5) is 12.4. The summed E-state index contributed by atoms with van der Waals surface area (Å²) in [7, 11) is 0. The van der Waals surface area contributed by atoms with E-state index in [9.17, 15) is 4.79 Å². The van der Waals surface area contributed by atoms with E-state index in [2.05, 4.69) is 49.6 Å². The number of hydrogen-bond acceptors (Lipinski definition) is 4. The highest BCUT2D eigenvalue weighted by Gasteiger charge is 2.19. The number of ether oxygens (including phenoxy) is 2. The van der Waals surface area contributed by atoms with Crippen LogP contribution in [0.5, 0.6) is 0 Å². The van der Waals surface area contributed by atoms with Gasteiger partial charge in [0.15, 0.2) is 0 Å². The minimum absolute atomic E-state index is 0.260. The summed E-state index contributed by atoms with van der Waals surface area (Å²) in [6, 6.07) is 10.4. The first-order valence-electron chi connectivity index (χ1n) is 13.9. The van der Waals surface area contributed by atoms with Crippen molar-refractivity contribution in [3.8, 4) is 0 Å². The van der Waals surface area contributed by atoms with E-state index >= 15 is 0 Å². The van der Waals surface area contributed by atoms with Gasteiger partial charge in [0.05, 0.1) is 17.2 Å². The third-order valence-corrected chi connectivity index (χ3v) is 7.72. The molecule has 0 aliphatic heterocycles. The van der Waals surface area contributed by atoms with Crippen molar-refractivity contribution < 1.29 is 14.3 Å². The van der Waals surface area contributed by atoms with Crippen LogP contribution in [-0.2, 0) is 22.0 Å². The van der Waals surface area contributed by atoms with Gasteiger partial charge in [-0.25, -0.2) is 4.79 Å². The number of rotatable bonds is 18. The first-order chi connectivity index (χ1) is 17.3. The van der Waals surface area contributed by atoms with Crippen molar-refractivity contribution in [1.82, 2.24) is 4.57 Å². The molecule has 0 aliphatic carbocycles. The van der Waals surface area contributed by atoms with Crippen LogP contribution in [0.2, 0.25) is 0 Å². The topological polar surface area (TPSA) is 40.5 Å². The van der Waals surface area contributed by atoms with Crippen molar-refractivity contribution in [3.63, 3.8) is 0 Å². The van der Waals surface area contributed by atoms with E-state index in [1.54, 1.807) is 11.8 Å². The van der Waals surface area contributed by atoms with Crippen LogP contribution in [0.4, 0.5) is 0 Å². The largest absolute Gasteiger partial charge is 0.462 e. The lowest BCUT2D eigenvalue weighted by molar-refractivity contribution is 0.0523. The lowest BCUT2D eigenvalue weighted by Gasteiger charge is -2.17. The highest BCUT2D eigenvalue weighted by atomic mass is 32.2. The fourth-order valence-electron chi connectivity index (χ4n) is 4.33. The van der Waals surface area contributed by atoms with Crippen LogP contribution in [0.25, 0.3) is 0 Å². The van der Waals surface area contributed by atoms with Crippen LogP contribution in [0, 0.1) is 12.3 Å². The molecule has 0 saturated heterocycles. The SMILES string of the molecule is CCOC(=O)c1cn(COCCCCCCCCCCCC(C)(C)C)c(SCc2ccccc2)c1C. The van der Waals surface area contributed by atoms with Crippen LogP contribution in [0.15, 0.2) is 41.6 Å². The molecule has 36 heavy (non-hydrogen) atoms. The summed E-state index contributed by atoms with van der Waals surface area (Å²) in [5, 5.41) is 1.07. The predicted molar refractivity (Wildman–Crippen MR) is 153 cm³/mol. The molecule has 5 heteroatoms. The van der Waals surface area contributed by atoms with Crippen LogP contribution in [0.1, 0.15) is 113 Å². The van der Waals surface area contributed by atoms with Gasteiger partial charge < -0.3 is 14.0 Å². The van der Waals surface area contributed by atoms with Gasteiger partial charge in [-0.05, 0) is 43.2 Å². The number of carbonyl (C=O) groups excluding carboxylic acids is 1. The maximum atomic E-state index is 12.4. The average molecular weight is 516 g/mol. The molecule has 0 atom stereocenters. The van der Waals surface area contributed by atoms with Crippen LogP contribution in [-0.4, -0.2) is 23.8 Å². The van der Waals surface area contributed by atoms with Gasteiger partial charge in [0.2, 0.25) is 0 Å². The van der Waals surface area contributed by atoms with Gasteiger partial charge in [-0.15, -0.1) is 11.8 Å². The zero-order valence-corrected chi connectivity index (χ0v) is 24.3. The minimum atomic E-state index is -0.260. The number of benzene rings is 1. The third kappa shape index (κ3) is 12.0. The van der Waals surface area contributed by atoms with Gasteiger partial charge in [0.25, 0.3) is 0 Å². The molecule has 1 aromatic carbocycles. The quantitative estimate of drug-likeness (QED) is 0.113. The summed E-state index contributed by atoms with van der Waals surface area (Å²) >= 11 is 1.74. The van der Waals surface area contributed by atoms with Gasteiger partial charge >= 0.3 is 5.97 Å². The molecule has 0 N–H and O–H groups in total. The van der Waals surface area contributed by atoms with E-state index in [-0.39, 0.29) is 5.97 Å². The monoisotopic (exact) mass is 515 g/mol. The van der Waals surface area contributed by atoms with Crippen LogP contribution in [0.3, 0.4) is 0 Å². The van der Waals surface area contributed by atoms with Gasteiger partial charge in [-0.3, -0.25) is 0 Å². The number of nitrogens with zero attached hydrogens (tertiary/aromatic N) is 1. The van der Waals surface area contributed by atoms with Gasteiger partial charge in [-0.1, -0.05) is 102 Å². The van der Waals surface area contributed by atoms with E-state index in [0.717, 1.165) is 29.4 Å². The summed E-state index contributed by atoms with van der Waals surface area (Å²) in [5.41, 5.74) is 3.34. The number of aromatic nitrogens is 1. The Bertz CT molecular complexity index is 870. The van der Waals surface area contributed by atoms with Crippen molar-refractivity contribution in [3.05, 3.63) is 53.2 Å². The Labute approximate surface area is 224 Å². The zero-order valence-electron chi connectivity index (χ0n) is 23.4. The maximum absolute atomic E-state index is 12.4. The molecular weight excluding hydrogens is 466 g/mol. The normalized spacial score (nSPS) is 11.7. The Morgan fingerprint density at radius 3 is 2.14 bits per heavy atom. The number of carbonyl (C=O) groups is 1. The van der Waals surface area contributed by atoms with E-state index in [0.29, 0.717) is 24.3 Å². The molecule has 1 aromatic heterocycles. The Balaban J connectivity index is 1.68. The summed E-state index contributed by atoms with van der Waals surface area (Å²) < 4.78 is 13.3. The second-order valence-corrected chi connectivity index (χ2v) is 11.9. The Morgan fingerprint density at radius 1 is 0.917 bits per heavy atom. The Morgan fingerprint density at radius 2 is 1.53 bits per heavy atom. The summed E-state index contributed by atoms with van der Waals surface area (Å²) in [6.45, 7) is 12.4. The van der Waals surface area contributed by atoms with Crippen molar-refractivity contribution in [2.75, 3.05) is 13.2 Å². The van der Waals surface area contributed by atoms with Crippen LogP contribution >= 0.6 is 11.8 Å². The first-order valence-corrected chi connectivity index (χ1v) is 14.9.